The van der Waals surface area contributed by atoms with Crippen LogP contribution in [0.2, 0.25) is 0 Å². The van der Waals surface area contributed by atoms with Crippen molar-refractivity contribution in [3.05, 3.63) is 79.4 Å². The van der Waals surface area contributed by atoms with Crippen LogP contribution >= 0.6 is 0 Å². The number of carbonyl (C=O) groups is 1. The molecule has 150 valence electrons. The van der Waals surface area contributed by atoms with Crippen LogP contribution in [0.1, 0.15) is 60.1 Å². The van der Waals surface area contributed by atoms with Crippen LogP contribution in [-0.2, 0) is 5.41 Å². The number of carbonyl (C=O) groups excluding carboxylic acids is 1. The smallest absolute Gasteiger partial charge is 0.277 e. The zero-order valence-electron chi connectivity index (χ0n) is 16.0. The Labute approximate surface area is 167 Å². The summed E-state index contributed by atoms with van der Waals surface area (Å²) in [5, 5.41) is 22.4. The maximum Gasteiger partial charge on any atom is 0.277 e. The first-order chi connectivity index (χ1) is 13.8. The van der Waals surface area contributed by atoms with Crippen molar-refractivity contribution in [1.29, 1.82) is 0 Å². The second kappa shape index (κ2) is 6.95. The Morgan fingerprint density at radius 2 is 1.62 bits per heavy atom. The van der Waals surface area contributed by atoms with Gasteiger partial charge >= 0.3 is 0 Å². The highest BCUT2D eigenvalue weighted by Gasteiger charge is 2.45. The minimum absolute atomic E-state index is 0.0229. The summed E-state index contributed by atoms with van der Waals surface area (Å²) in [5.41, 5.74) is 1.30. The topological polar surface area (TPSA) is 107 Å². The van der Waals surface area contributed by atoms with Gasteiger partial charge in [0.05, 0.1) is 27.5 Å². The molecule has 1 spiro atoms. The highest BCUT2D eigenvalue weighted by Crippen LogP contribution is 2.49. The molecule has 1 aliphatic heterocycles. The van der Waals surface area contributed by atoms with E-state index >= 15 is 0 Å². The predicted molar refractivity (Wildman–Crippen MR) is 106 cm³/mol. The lowest BCUT2D eigenvalue weighted by molar-refractivity contribution is -0.394. The van der Waals surface area contributed by atoms with Gasteiger partial charge in [-0.05, 0) is 30.9 Å². The summed E-state index contributed by atoms with van der Waals surface area (Å²) in [4.78, 5) is 36.1. The summed E-state index contributed by atoms with van der Waals surface area (Å²) in [6.45, 7) is 2.45. The fourth-order valence-electron chi connectivity index (χ4n) is 4.88. The van der Waals surface area contributed by atoms with Crippen molar-refractivity contribution in [2.24, 2.45) is 0 Å². The van der Waals surface area contributed by atoms with E-state index in [0.717, 1.165) is 49.4 Å². The van der Waals surface area contributed by atoms with Crippen molar-refractivity contribution in [2.75, 3.05) is 6.54 Å². The number of nitro groups is 2. The van der Waals surface area contributed by atoms with E-state index in [0.29, 0.717) is 6.54 Å². The Hall–Kier alpha value is -3.29. The highest BCUT2D eigenvalue weighted by atomic mass is 16.6. The van der Waals surface area contributed by atoms with Gasteiger partial charge in [-0.3, -0.25) is 25.0 Å². The average Bonchev–Trinajstić information content (AvgIpc) is 3.19. The Kier molecular flexibility index (Phi) is 4.56. The number of hydrogen-bond acceptors (Lipinski definition) is 5. The monoisotopic (exact) mass is 395 g/mol. The van der Waals surface area contributed by atoms with Crippen LogP contribution in [0.5, 0.6) is 0 Å². The molecule has 0 radical (unpaired) electrons. The molecule has 2 aromatic carbocycles. The van der Waals surface area contributed by atoms with Crippen molar-refractivity contribution in [3.8, 4) is 0 Å². The van der Waals surface area contributed by atoms with Crippen LogP contribution in [0.3, 0.4) is 0 Å². The molecule has 1 heterocycles. The number of non-ortho nitro benzene ring substituents is 2. The SMILES string of the molecule is C[C@H]1c2ccccc2C2(CCCC2)CN1C(=O)c1cc([N+](=O)[O-])cc([N+](=O)[O-])c1. The van der Waals surface area contributed by atoms with Gasteiger partial charge in [-0.15, -0.1) is 0 Å². The van der Waals surface area contributed by atoms with Gasteiger partial charge in [0, 0.05) is 24.1 Å². The van der Waals surface area contributed by atoms with E-state index < -0.39 is 27.1 Å². The van der Waals surface area contributed by atoms with Crippen LogP contribution in [-0.4, -0.2) is 27.2 Å². The lowest BCUT2D eigenvalue weighted by Crippen LogP contribution is -2.48. The first-order valence-corrected chi connectivity index (χ1v) is 9.67. The van der Waals surface area contributed by atoms with Crippen LogP contribution in [0, 0.1) is 20.2 Å². The molecule has 1 saturated carbocycles. The Balaban J connectivity index is 1.78. The molecule has 1 aliphatic carbocycles. The third kappa shape index (κ3) is 3.14. The molecule has 8 nitrogen and oxygen atoms in total. The normalized spacial score (nSPS) is 19.8. The predicted octanol–water partition coefficient (Wildman–Crippen LogP) is 4.53. The number of nitro benzene ring substituents is 2. The van der Waals surface area contributed by atoms with E-state index in [1.807, 2.05) is 25.1 Å². The second-order valence-corrected chi connectivity index (χ2v) is 7.94. The quantitative estimate of drug-likeness (QED) is 0.560. The number of amides is 1. The molecule has 0 unspecified atom stereocenters. The molecule has 29 heavy (non-hydrogen) atoms. The Morgan fingerprint density at radius 3 is 2.21 bits per heavy atom. The van der Waals surface area contributed by atoms with Crippen molar-refractivity contribution in [3.63, 3.8) is 0 Å². The van der Waals surface area contributed by atoms with E-state index in [2.05, 4.69) is 6.07 Å². The molecule has 1 amide bonds. The van der Waals surface area contributed by atoms with Crippen molar-refractivity contribution >= 4 is 17.3 Å². The molecule has 0 saturated heterocycles. The van der Waals surface area contributed by atoms with Crippen LogP contribution in [0.25, 0.3) is 0 Å². The summed E-state index contributed by atoms with van der Waals surface area (Å²) < 4.78 is 0. The van der Waals surface area contributed by atoms with Gasteiger partial charge in [0.1, 0.15) is 0 Å². The largest absolute Gasteiger partial charge is 0.331 e. The van der Waals surface area contributed by atoms with Gasteiger partial charge in [0.15, 0.2) is 0 Å². The first-order valence-electron chi connectivity index (χ1n) is 9.67. The van der Waals surface area contributed by atoms with E-state index in [4.69, 9.17) is 0 Å². The zero-order valence-corrected chi connectivity index (χ0v) is 16.0. The first kappa shape index (κ1) is 19.0. The van der Waals surface area contributed by atoms with Crippen molar-refractivity contribution < 1.29 is 14.6 Å². The number of rotatable bonds is 3. The minimum Gasteiger partial charge on any atom is -0.331 e. The Morgan fingerprint density at radius 1 is 1.03 bits per heavy atom. The third-order valence-corrected chi connectivity index (χ3v) is 6.32. The van der Waals surface area contributed by atoms with E-state index in [-0.39, 0.29) is 17.0 Å². The van der Waals surface area contributed by atoms with Gasteiger partial charge in [0.25, 0.3) is 17.3 Å². The molecule has 2 aromatic rings. The number of benzene rings is 2. The summed E-state index contributed by atoms with van der Waals surface area (Å²) in [6.07, 6.45) is 4.14. The molecule has 4 rings (SSSR count). The molecule has 1 atom stereocenters. The van der Waals surface area contributed by atoms with Gasteiger partial charge in [0.2, 0.25) is 0 Å². The zero-order chi connectivity index (χ0) is 20.8. The summed E-state index contributed by atoms with van der Waals surface area (Å²) in [7, 11) is 0. The summed E-state index contributed by atoms with van der Waals surface area (Å²) >= 11 is 0. The molecular weight excluding hydrogens is 374 g/mol. The van der Waals surface area contributed by atoms with Crippen molar-refractivity contribution in [1.82, 2.24) is 4.90 Å². The average molecular weight is 395 g/mol. The van der Waals surface area contributed by atoms with Crippen LogP contribution < -0.4 is 0 Å². The number of nitrogens with zero attached hydrogens (tertiary/aromatic N) is 3. The van der Waals surface area contributed by atoms with E-state index in [1.54, 1.807) is 4.90 Å². The summed E-state index contributed by atoms with van der Waals surface area (Å²) in [5.74, 6) is -0.412. The van der Waals surface area contributed by atoms with Crippen LogP contribution in [0.15, 0.2) is 42.5 Å². The second-order valence-electron chi connectivity index (χ2n) is 7.94. The number of fused-ring (bicyclic) bond motifs is 2. The molecule has 8 heteroatoms. The van der Waals surface area contributed by atoms with E-state index in [9.17, 15) is 25.0 Å². The lowest BCUT2D eigenvalue weighted by atomic mass is 9.72. The highest BCUT2D eigenvalue weighted by molar-refractivity contribution is 5.96. The maximum absolute atomic E-state index is 13.4. The fourth-order valence-corrected chi connectivity index (χ4v) is 4.88. The van der Waals surface area contributed by atoms with Gasteiger partial charge in [-0.25, -0.2) is 0 Å². The molecule has 2 aliphatic rings. The van der Waals surface area contributed by atoms with Gasteiger partial charge in [-0.1, -0.05) is 37.1 Å². The number of hydrogen-bond donors (Lipinski definition) is 0. The fraction of sp³-hybridized carbons (Fsp3) is 0.381. The Bertz CT molecular complexity index is 981. The third-order valence-electron chi connectivity index (χ3n) is 6.32. The maximum atomic E-state index is 13.4. The van der Waals surface area contributed by atoms with Crippen LogP contribution in [0.4, 0.5) is 11.4 Å². The van der Waals surface area contributed by atoms with Gasteiger partial charge in [-0.2, -0.15) is 0 Å². The molecule has 0 bridgehead atoms. The lowest BCUT2D eigenvalue weighted by Gasteiger charge is -2.46. The molecule has 1 fully saturated rings. The summed E-state index contributed by atoms with van der Waals surface area (Å²) in [6, 6.07) is 11.0. The molecule has 0 N–H and O–H groups in total. The molecular formula is C21H21N3O5. The minimum atomic E-state index is -0.711. The van der Waals surface area contributed by atoms with E-state index in [1.165, 1.54) is 5.56 Å². The van der Waals surface area contributed by atoms with Crippen molar-refractivity contribution in [2.45, 2.75) is 44.1 Å². The van der Waals surface area contributed by atoms with Gasteiger partial charge < -0.3 is 4.90 Å². The molecule has 0 aromatic heterocycles. The standard InChI is InChI=1S/C21H21N3O5/c1-14-18-6-2-3-7-19(18)21(8-4-5-9-21)13-22(14)20(25)15-10-16(23(26)27)12-17(11-15)24(28)29/h2-3,6-7,10-12,14H,4-5,8-9,13H2,1H3/t14-/m0/s1.